The van der Waals surface area contributed by atoms with Gasteiger partial charge in [0, 0.05) is 11.3 Å². The van der Waals surface area contributed by atoms with Crippen LogP contribution in [0.25, 0.3) is 6.08 Å². The van der Waals surface area contributed by atoms with E-state index in [4.69, 9.17) is 16.3 Å². The monoisotopic (exact) mass is 371 g/mol. The third-order valence-corrected chi connectivity index (χ3v) is 4.41. The van der Waals surface area contributed by atoms with Gasteiger partial charge in [0.05, 0.1) is 29.0 Å². The predicted octanol–water partition coefficient (Wildman–Crippen LogP) is 4.36. The summed E-state index contributed by atoms with van der Waals surface area (Å²) in [5, 5.41) is 0.358. The van der Waals surface area contributed by atoms with E-state index in [0.717, 1.165) is 0 Å². The molecule has 1 aliphatic heterocycles. The molecule has 0 bridgehead atoms. The first-order chi connectivity index (χ1) is 12.5. The van der Waals surface area contributed by atoms with E-state index in [1.165, 1.54) is 30.2 Å². The maximum atomic E-state index is 14.0. The molecule has 0 atom stereocenters. The van der Waals surface area contributed by atoms with Gasteiger partial charge in [-0.05, 0) is 31.2 Å². The second kappa shape index (κ2) is 7.14. The van der Waals surface area contributed by atoms with Gasteiger partial charge in [0.2, 0.25) is 0 Å². The Morgan fingerprint density at radius 2 is 1.81 bits per heavy atom. The number of esters is 1. The van der Waals surface area contributed by atoms with Crippen molar-refractivity contribution in [2.24, 2.45) is 0 Å². The molecular formula is C20H15ClFNO3. The minimum absolute atomic E-state index is 0.0550. The molecule has 2 aromatic carbocycles. The van der Waals surface area contributed by atoms with Crippen LogP contribution in [0, 0.1) is 5.82 Å². The average molecular weight is 372 g/mol. The second-order valence-corrected chi connectivity index (χ2v) is 6.03. The van der Waals surface area contributed by atoms with Gasteiger partial charge in [-0.15, -0.1) is 0 Å². The fourth-order valence-electron chi connectivity index (χ4n) is 2.85. The lowest BCUT2D eigenvalue weighted by atomic mass is 10.0. The number of rotatable bonds is 3. The molecular weight excluding hydrogens is 357 g/mol. The minimum Gasteiger partial charge on any atom is -0.465 e. The zero-order valence-electron chi connectivity index (χ0n) is 14.1. The number of anilines is 1. The summed E-state index contributed by atoms with van der Waals surface area (Å²) in [6.45, 7) is 1.62. The third-order valence-electron chi connectivity index (χ3n) is 4.09. The minimum atomic E-state index is -0.673. The molecule has 26 heavy (non-hydrogen) atoms. The number of hydrogen-bond donors (Lipinski definition) is 0. The van der Waals surface area contributed by atoms with E-state index in [1.807, 2.05) is 0 Å². The number of nitrogens with zero attached hydrogens (tertiary/aromatic N) is 1. The van der Waals surface area contributed by atoms with Crippen molar-refractivity contribution in [2.75, 3.05) is 12.0 Å². The molecule has 0 saturated heterocycles. The topological polar surface area (TPSA) is 46.6 Å². The lowest BCUT2D eigenvalue weighted by Crippen LogP contribution is -2.24. The average Bonchev–Trinajstić information content (AvgIpc) is 2.87. The van der Waals surface area contributed by atoms with Crippen LogP contribution < -0.4 is 4.90 Å². The molecule has 0 aromatic heterocycles. The molecule has 0 aliphatic carbocycles. The van der Waals surface area contributed by atoms with Crippen molar-refractivity contribution in [3.05, 3.63) is 81.8 Å². The Morgan fingerprint density at radius 3 is 2.46 bits per heavy atom. The number of benzene rings is 2. The molecule has 4 nitrogen and oxygen atoms in total. The summed E-state index contributed by atoms with van der Waals surface area (Å²) in [5.41, 5.74) is 1.15. The number of halogens is 2. The van der Waals surface area contributed by atoms with Crippen LogP contribution in [0.2, 0.25) is 5.02 Å². The van der Waals surface area contributed by atoms with E-state index in [1.54, 1.807) is 43.3 Å². The molecule has 2 aromatic rings. The van der Waals surface area contributed by atoms with Gasteiger partial charge in [-0.1, -0.05) is 41.9 Å². The van der Waals surface area contributed by atoms with E-state index in [9.17, 15) is 14.0 Å². The number of methoxy groups -OCH3 is 1. The highest BCUT2D eigenvalue weighted by Gasteiger charge is 2.38. The number of hydrogen-bond acceptors (Lipinski definition) is 3. The number of carbonyl (C=O) groups excluding carboxylic acids is 2. The second-order valence-electron chi connectivity index (χ2n) is 5.62. The number of ether oxygens (including phenoxy) is 1. The number of carbonyl (C=O) groups is 2. The van der Waals surface area contributed by atoms with Crippen molar-refractivity contribution in [1.29, 1.82) is 0 Å². The Balaban J connectivity index is 2.20. The highest BCUT2D eigenvalue weighted by atomic mass is 35.5. The molecule has 1 aliphatic rings. The fourth-order valence-corrected chi connectivity index (χ4v) is 3.07. The molecule has 6 heteroatoms. The normalized spacial score (nSPS) is 15.8. The van der Waals surface area contributed by atoms with Gasteiger partial charge in [0.15, 0.2) is 0 Å². The molecule has 0 unspecified atom stereocenters. The van der Waals surface area contributed by atoms with E-state index < -0.39 is 17.7 Å². The van der Waals surface area contributed by atoms with Gasteiger partial charge in [-0.3, -0.25) is 9.69 Å². The standard InChI is InChI=1S/C20H15ClFNO3/c1-12-18(20(25)26-2)14(11-13-7-3-5-9-16(13)22)19(24)23(12)17-10-6-4-8-15(17)21/h3-11H,1-2H3/b14-11-. The zero-order valence-corrected chi connectivity index (χ0v) is 14.9. The Bertz CT molecular complexity index is 965. The first kappa shape index (κ1) is 17.9. The molecule has 3 rings (SSSR count). The number of amides is 1. The first-order valence-corrected chi connectivity index (χ1v) is 8.18. The maximum absolute atomic E-state index is 14.0. The molecule has 0 N–H and O–H groups in total. The Labute approximate surface area is 155 Å². The molecule has 0 radical (unpaired) electrons. The van der Waals surface area contributed by atoms with Gasteiger partial charge in [-0.25, -0.2) is 9.18 Å². The summed E-state index contributed by atoms with van der Waals surface area (Å²) in [4.78, 5) is 26.7. The lowest BCUT2D eigenvalue weighted by Gasteiger charge is -2.19. The van der Waals surface area contributed by atoms with Crippen molar-refractivity contribution in [3.8, 4) is 0 Å². The molecule has 1 amide bonds. The van der Waals surface area contributed by atoms with Crippen LogP contribution in [0.15, 0.2) is 65.4 Å². The van der Waals surface area contributed by atoms with Crippen molar-refractivity contribution in [1.82, 2.24) is 0 Å². The van der Waals surface area contributed by atoms with Gasteiger partial charge in [0.25, 0.3) is 5.91 Å². The summed E-state index contributed by atoms with van der Waals surface area (Å²) >= 11 is 6.22. The van der Waals surface area contributed by atoms with Crippen molar-refractivity contribution >= 4 is 35.2 Å². The highest BCUT2D eigenvalue weighted by Crippen LogP contribution is 2.38. The number of para-hydroxylation sites is 1. The van der Waals surface area contributed by atoms with Crippen molar-refractivity contribution in [2.45, 2.75) is 6.92 Å². The zero-order chi connectivity index (χ0) is 18.8. The molecule has 1 heterocycles. The SMILES string of the molecule is COC(=O)C1=C(C)N(c2ccccc2Cl)C(=O)/C1=C\c1ccccc1F. The summed E-state index contributed by atoms with van der Waals surface area (Å²) in [6.07, 6.45) is 1.35. The predicted molar refractivity (Wildman–Crippen MR) is 98.0 cm³/mol. The molecule has 0 saturated carbocycles. The molecule has 132 valence electrons. The molecule has 0 spiro atoms. The van der Waals surface area contributed by atoms with E-state index >= 15 is 0 Å². The van der Waals surface area contributed by atoms with E-state index in [-0.39, 0.29) is 16.7 Å². The maximum Gasteiger partial charge on any atom is 0.340 e. The van der Waals surface area contributed by atoms with Crippen LogP contribution in [0.3, 0.4) is 0 Å². The Hall–Kier alpha value is -2.92. The van der Waals surface area contributed by atoms with Crippen LogP contribution >= 0.6 is 11.6 Å². The Kier molecular flexibility index (Phi) is 4.91. The van der Waals surface area contributed by atoms with Gasteiger partial charge in [-0.2, -0.15) is 0 Å². The smallest absolute Gasteiger partial charge is 0.340 e. The van der Waals surface area contributed by atoms with Gasteiger partial charge < -0.3 is 4.74 Å². The Morgan fingerprint density at radius 1 is 1.15 bits per heavy atom. The van der Waals surface area contributed by atoms with Crippen LogP contribution in [-0.4, -0.2) is 19.0 Å². The third kappa shape index (κ3) is 3.02. The van der Waals surface area contributed by atoms with Crippen molar-refractivity contribution < 1.29 is 18.7 Å². The van der Waals surface area contributed by atoms with Gasteiger partial charge >= 0.3 is 5.97 Å². The lowest BCUT2D eigenvalue weighted by molar-refractivity contribution is -0.136. The fraction of sp³-hybridized carbons (Fsp3) is 0.100. The summed E-state index contributed by atoms with van der Waals surface area (Å²) in [5.74, 6) is -1.64. The summed E-state index contributed by atoms with van der Waals surface area (Å²) in [6, 6.07) is 12.8. The van der Waals surface area contributed by atoms with Gasteiger partial charge in [0.1, 0.15) is 5.82 Å². The summed E-state index contributed by atoms with van der Waals surface area (Å²) < 4.78 is 18.9. The van der Waals surface area contributed by atoms with Crippen LogP contribution in [-0.2, 0) is 14.3 Å². The van der Waals surface area contributed by atoms with Crippen LogP contribution in [0.5, 0.6) is 0 Å². The summed E-state index contributed by atoms with van der Waals surface area (Å²) in [7, 11) is 1.23. The number of allylic oxidation sites excluding steroid dienone is 1. The molecule has 0 fully saturated rings. The first-order valence-electron chi connectivity index (χ1n) is 7.80. The van der Waals surface area contributed by atoms with Crippen LogP contribution in [0.4, 0.5) is 10.1 Å². The van der Waals surface area contributed by atoms with Crippen molar-refractivity contribution in [3.63, 3.8) is 0 Å². The largest absolute Gasteiger partial charge is 0.465 e. The van der Waals surface area contributed by atoms with E-state index in [0.29, 0.717) is 16.4 Å². The van der Waals surface area contributed by atoms with E-state index in [2.05, 4.69) is 0 Å². The highest BCUT2D eigenvalue weighted by molar-refractivity contribution is 6.35. The van der Waals surface area contributed by atoms with Crippen LogP contribution in [0.1, 0.15) is 12.5 Å². The quantitative estimate of drug-likeness (QED) is 0.595.